The van der Waals surface area contributed by atoms with Gasteiger partial charge >= 0.3 is 0 Å². The van der Waals surface area contributed by atoms with Crippen LogP contribution in [0.1, 0.15) is 25.3 Å². The number of nitrogens with one attached hydrogen (secondary N) is 1. The maximum Gasteiger partial charge on any atom is 0.189 e. The molecule has 0 bridgehead atoms. The lowest BCUT2D eigenvalue weighted by Crippen LogP contribution is -2.28. The van der Waals surface area contributed by atoms with Gasteiger partial charge < -0.3 is 30.0 Å². The van der Waals surface area contributed by atoms with Gasteiger partial charge in [-0.05, 0) is 66.5 Å². The van der Waals surface area contributed by atoms with E-state index in [-0.39, 0.29) is 35.2 Å². The van der Waals surface area contributed by atoms with Crippen molar-refractivity contribution in [1.82, 2.24) is 20.4 Å². The van der Waals surface area contributed by atoms with Crippen molar-refractivity contribution in [2.24, 2.45) is 0 Å². The van der Waals surface area contributed by atoms with Crippen LogP contribution in [0, 0.1) is 5.82 Å². The molecule has 5 rings (SSSR count). The molecule has 3 unspecified atom stereocenters. The molecule has 3 heterocycles. The molecule has 0 amide bonds. The Morgan fingerprint density at radius 1 is 1.21 bits per heavy atom. The van der Waals surface area contributed by atoms with Crippen LogP contribution in [-0.2, 0) is 22.5 Å². The molecule has 1 aliphatic rings. The van der Waals surface area contributed by atoms with Crippen LogP contribution in [0.2, 0.25) is 0 Å². The molecule has 11 heteroatoms. The third-order valence-corrected chi connectivity index (χ3v) is 8.37. The molecule has 204 valence electrons. The highest BCUT2D eigenvalue weighted by Gasteiger charge is 2.21. The van der Waals surface area contributed by atoms with E-state index >= 15 is 0 Å². The molecule has 1 fully saturated rings. The van der Waals surface area contributed by atoms with E-state index in [1.165, 1.54) is 6.07 Å². The summed E-state index contributed by atoms with van der Waals surface area (Å²) in [4.78, 5) is 9.54. The van der Waals surface area contributed by atoms with Gasteiger partial charge in [-0.3, -0.25) is 0 Å². The Morgan fingerprint density at radius 3 is 2.74 bits per heavy atom. The number of hydrogen-bond acceptors (Lipinski definition) is 9. The smallest absolute Gasteiger partial charge is 0.189 e. The molecular formula is C28H30FN5O4S. The van der Waals surface area contributed by atoms with Crippen LogP contribution in [0.15, 0.2) is 64.1 Å². The first kappa shape index (κ1) is 27.2. The van der Waals surface area contributed by atoms with Crippen LogP contribution in [0.5, 0.6) is 0 Å². The van der Waals surface area contributed by atoms with E-state index in [0.29, 0.717) is 41.4 Å². The summed E-state index contributed by atoms with van der Waals surface area (Å²) in [5, 5.41) is 16.4. The van der Waals surface area contributed by atoms with Crippen LogP contribution in [0.25, 0.3) is 34.0 Å². The topological polar surface area (TPSA) is 142 Å². The molecular weight excluding hydrogens is 521 g/mol. The summed E-state index contributed by atoms with van der Waals surface area (Å²) in [6.07, 6.45) is 2.95. The zero-order chi connectivity index (χ0) is 27.4. The zero-order valence-corrected chi connectivity index (χ0v) is 22.3. The Labute approximate surface area is 228 Å². The molecule has 9 nitrogen and oxygen atoms in total. The molecule has 4 aromatic rings. The summed E-state index contributed by atoms with van der Waals surface area (Å²) in [5.74, 6) is 0.00369. The van der Waals surface area contributed by atoms with Gasteiger partial charge in [-0.1, -0.05) is 11.2 Å². The number of ether oxygens (including phenoxy) is 1. The van der Waals surface area contributed by atoms with E-state index in [1.807, 2.05) is 13.0 Å². The number of halogens is 1. The fourth-order valence-electron chi connectivity index (χ4n) is 4.35. The summed E-state index contributed by atoms with van der Waals surface area (Å²) in [5.41, 5.74) is 9.12. The molecule has 4 N–H and O–H groups in total. The monoisotopic (exact) mass is 551 g/mol. The van der Waals surface area contributed by atoms with Gasteiger partial charge in [0, 0.05) is 49.4 Å². The molecule has 1 aliphatic heterocycles. The predicted octanol–water partition coefficient (Wildman–Crippen LogP) is 3.94. The Kier molecular flexibility index (Phi) is 8.53. The van der Waals surface area contributed by atoms with E-state index in [1.54, 1.807) is 42.6 Å². The van der Waals surface area contributed by atoms with Crippen molar-refractivity contribution < 1.29 is 23.3 Å². The third kappa shape index (κ3) is 6.29. The molecule has 0 aliphatic carbocycles. The number of nitrogens with zero attached hydrogens (tertiary/aromatic N) is 3. The van der Waals surface area contributed by atoms with Crippen LogP contribution in [0.3, 0.4) is 0 Å². The van der Waals surface area contributed by atoms with Gasteiger partial charge in [0.1, 0.15) is 16.8 Å². The number of nitrogens with two attached hydrogens (primary N) is 1. The lowest BCUT2D eigenvalue weighted by molar-refractivity contribution is 0.190. The highest BCUT2D eigenvalue weighted by Crippen LogP contribution is 2.31. The lowest BCUT2D eigenvalue weighted by atomic mass is 10.1. The number of rotatable bonds is 10. The number of aliphatic hydroxyl groups is 1. The Bertz CT molecular complexity index is 1410. The lowest BCUT2D eigenvalue weighted by Gasteiger charge is -2.17. The average Bonchev–Trinajstić information content (AvgIpc) is 3.65. The fourth-order valence-corrected chi connectivity index (χ4v) is 5.54. The van der Waals surface area contributed by atoms with Crippen LogP contribution in [0.4, 0.5) is 10.2 Å². The summed E-state index contributed by atoms with van der Waals surface area (Å²) in [6.45, 7) is 3.80. The van der Waals surface area contributed by atoms with Crippen molar-refractivity contribution in [3.05, 3.63) is 66.1 Å². The first-order valence-electron chi connectivity index (χ1n) is 12.7. The highest BCUT2D eigenvalue weighted by atomic mass is 32.2. The molecule has 0 radical (unpaired) electrons. The predicted molar refractivity (Wildman–Crippen MR) is 146 cm³/mol. The molecule has 0 spiro atoms. The summed E-state index contributed by atoms with van der Waals surface area (Å²) in [7, 11) is 0. The summed E-state index contributed by atoms with van der Waals surface area (Å²) >= 11 is -1.23. The van der Waals surface area contributed by atoms with Crippen molar-refractivity contribution in [3.63, 3.8) is 0 Å². The maximum absolute atomic E-state index is 15.0. The quantitative estimate of drug-likeness (QED) is 0.250. The molecule has 3 atom stereocenters. The number of aliphatic hydroxyl groups excluding tert-OH is 1. The van der Waals surface area contributed by atoms with Gasteiger partial charge in [0.05, 0.1) is 18.5 Å². The minimum absolute atomic E-state index is 0.00978. The first-order valence-corrected chi connectivity index (χ1v) is 14.0. The Balaban J connectivity index is 1.33. The summed E-state index contributed by atoms with van der Waals surface area (Å²) < 4.78 is 38.4. The average molecular weight is 552 g/mol. The second-order valence-corrected chi connectivity index (χ2v) is 11.3. The van der Waals surface area contributed by atoms with Gasteiger partial charge in [0.15, 0.2) is 22.2 Å². The van der Waals surface area contributed by atoms with Crippen molar-refractivity contribution >= 4 is 17.0 Å². The van der Waals surface area contributed by atoms with Crippen molar-refractivity contribution in [1.29, 1.82) is 0 Å². The molecule has 2 aromatic carbocycles. The first-order chi connectivity index (χ1) is 18.9. The van der Waals surface area contributed by atoms with Crippen LogP contribution in [-0.4, -0.2) is 55.9 Å². The molecule has 39 heavy (non-hydrogen) atoms. The van der Waals surface area contributed by atoms with Crippen molar-refractivity contribution in [2.75, 3.05) is 25.6 Å². The Hall–Kier alpha value is -3.35. The highest BCUT2D eigenvalue weighted by molar-refractivity contribution is 7.92. The second kappa shape index (κ2) is 12.2. The van der Waals surface area contributed by atoms with E-state index in [0.717, 1.165) is 24.2 Å². The van der Waals surface area contributed by atoms with Crippen LogP contribution >= 0.6 is 0 Å². The SMILES string of the molecule is CC(CCO)[S+]([O-])c1ccc(-c2cnc(N)c(-c3cc(-c4ccc(CNC5CCOC5)cc4F)no3)n2)cc1. The number of aromatic nitrogens is 3. The van der Waals surface area contributed by atoms with Gasteiger partial charge in [0.2, 0.25) is 0 Å². The number of anilines is 1. The van der Waals surface area contributed by atoms with E-state index in [9.17, 15) is 8.94 Å². The fraction of sp³-hybridized carbons (Fsp3) is 0.321. The van der Waals surface area contributed by atoms with Crippen LogP contribution < -0.4 is 11.1 Å². The molecule has 2 aromatic heterocycles. The maximum atomic E-state index is 15.0. The molecule has 0 saturated carbocycles. The van der Waals surface area contributed by atoms with Gasteiger partial charge in [-0.2, -0.15) is 0 Å². The van der Waals surface area contributed by atoms with Gasteiger partial charge in [-0.25, -0.2) is 14.4 Å². The minimum Gasteiger partial charge on any atom is -0.611 e. The molecule has 1 saturated heterocycles. The van der Waals surface area contributed by atoms with Crippen molar-refractivity contribution in [2.45, 2.75) is 42.5 Å². The standard InChI is InChI=1S/C28H30FN5O4S/c1-17(8-10-35)39(36)21-5-3-19(4-6-21)25-15-32-28(30)27(33-25)26-13-24(34-38-26)22-7-2-18(12-23(22)29)14-31-20-9-11-37-16-20/h2-7,12-13,15,17,20,31,35H,8-11,14,16H2,1H3,(H2,30,32). The van der Waals surface area contributed by atoms with E-state index in [2.05, 4.69) is 20.4 Å². The number of hydrogen-bond donors (Lipinski definition) is 3. The minimum atomic E-state index is -1.23. The summed E-state index contributed by atoms with van der Waals surface area (Å²) in [6, 6.07) is 14.0. The van der Waals surface area contributed by atoms with Gasteiger partial charge in [-0.15, -0.1) is 0 Å². The number of benzene rings is 2. The van der Waals surface area contributed by atoms with Crippen molar-refractivity contribution in [3.8, 4) is 34.0 Å². The normalized spacial score (nSPS) is 16.9. The Morgan fingerprint density at radius 2 is 2.03 bits per heavy atom. The zero-order valence-electron chi connectivity index (χ0n) is 21.5. The second-order valence-electron chi connectivity index (χ2n) is 9.47. The van der Waals surface area contributed by atoms with E-state index < -0.39 is 17.0 Å². The van der Waals surface area contributed by atoms with Gasteiger partial charge in [0.25, 0.3) is 0 Å². The van der Waals surface area contributed by atoms with E-state index in [4.69, 9.17) is 20.1 Å². The number of nitrogen functional groups attached to an aromatic ring is 1. The largest absolute Gasteiger partial charge is 0.611 e. The third-order valence-electron chi connectivity index (χ3n) is 6.66.